The lowest BCUT2D eigenvalue weighted by Gasteiger charge is -2.37. The van der Waals surface area contributed by atoms with Crippen molar-refractivity contribution in [2.75, 3.05) is 0 Å². The van der Waals surface area contributed by atoms with Crippen LogP contribution < -0.4 is 5.32 Å². The Bertz CT molecular complexity index is 402. The van der Waals surface area contributed by atoms with Crippen LogP contribution in [-0.2, 0) is 0 Å². The minimum absolute atomic E-state index is 0.378. The molecule has 3 atom stereocenters. The highest BCUT2D eigenvalue weighted by Gasteiger charge is 2.28. The summed E-state index contributed by atoms with van der Waals surface area (Å²) in [7, 11) is 0. The molecule has 1 saturated carbocycles. The van der Waals surface area contributed by atoms with Gasteiger partial charge >= 0.3 is 0 Å². The third-order valence-electron chi connectivity index (χ3n) is 4.49. The van der Waals surface area contributed by atoms with Gasteiger partial charge in [0.25, 0.3) is 0 Å². The first-order valence-corrected chi connectivity index (χ1v) is 7.97. The molecule has 0 bridgehead atoms. The second-order valence-electron chi connectivity index (χ2n) is 6.24. The van der Waals surface area contributed by atoms with Crippen molar-refractivity contribution < 1.29 is 0 Å². The monoisotopic (exact) mass is 279 g/mol. The maximum absolute atomic E-state index is 6.08. The molecule has 0 aliphatic heterocycles. The van der Waals surface area contributed by atoms with Crippen molar-refractivity contribution in [2.24, 2.45) is 11.8 Å². The molecule has 0 amide bonds. The third-order valence-corrected chi connectivity index (χ3v) is 4.72. The molecule has 0 heterocycles. The number of halogens is 1. The Morgan fingerprint density at radius 2 is 1.89 bits per heavy atom. The molecular weight excluding hydrogens is 254 g/mol. The Balaban J connectivity index is 2.02. The molecule has 2 heteroatoms. The summed E-state index contributed by atoms with van der Waals surface area (Å²) in [5, 5.41) is 4.66. The quantitative estimate of drug-likeness (QED) is 0.798. The van der Waals surface area contributed by atoms with Crippen LogP contribution in [0.25, 0.3) is 0 Å². The summed E-state index contributed by atoms with van der Waals surface area (Å²) in [5.41, 5.74) is 1.29. The van der Waals surface area contributed by atoms with Crippen LogP contribution in [0.4, 0.5) is 0 Å². The van der Waals surface area contributed by atoms with Gasteiger partial charge in [-0.1, -0.05) is 50.4 Å². The summed E-state index contributed by atoms with van der Waals surface area (Å²) in [6.07, 6.45) is 5.45. The molecular formula is C17H26ClN. The maximum Gasteiger partial charge on any atom is 0.0409 e. The molecule has 1 aromatic rings. The van der Waals surface area contributed by atoms with Gasteiger partial charge in [0.15, 0.2) is 0 Å². The molecule has 2 unspecified atom stereocenters. The van der Waals surface area contributed by atoms with Gasteiger partial charge in [-0.2, -0.15) is 0 Å². The molecule has 0 radical (unpaired) electrons. The van der Waals surface area contributed by atoms with Gasteiger partial charge in [0, 0.05) is 17.1 Å². The zero-order valence-corrected chi connectivity index (χ0v) is 13.1. The molecule has 1 N–H and O–H groups in total. The number of rotatable bonds is 4. The van der Waals surface area contributed by atoms with Crippen LogP contribution in [0.1, 0.15) is 58.1 Å². The van der Waals surface area contributed by atoms with Crippen LogP contribution in [0.3, 0.4) is 0 Å². The Morgan fingerprint density at radius 1 is 1.16 bits per heavy atom. The predicted octanol–water partition coefficient (Wildman–Crippen LogP) is 5.21. The van der Waals surface area contributed by atoms with Crippen LogP contribution in [-0.4, -0.2) is 6.04 Å². The van der Waals surface area contributed by atoms with E-state index >= 15 is 0 Å². The molecule has 19 heavy (non-hydrogen) atoms. The molecule has 1 aliphatic rings. The fourth-order valence-corrected chi connectivity index (χ4v) is 3.56. The zero-order chi connectivity index (χ0) is 13.8. The van der Waals surface area contributed by atoms with Crippen molar-refractivity contribution in [2.45, 2.75) is 58.5 Å². The van der Waals surface area contributed by atoms with Crippen molar-refractivity contribution in [3.63, 3.8) is 0 Å². The van der Waals surface area contributed by atoms with E-state index in [4.69, 9.17) is 11.6 Å². The highest BCUT2D eigenvalue weighted by atomic mass is 35.5. The minimum atomic E-state index is 0.378. The Kier molecular flexibility index (Phi) is 5.29. The van der Waals surface area contributed by atoms with Crippen LogP contribution in [0.2, 0.25) is 5.02 Å². The maximum atomic E-state index is 6.08. The van der Waals surface area contributed by atoms with E-state index in [0.717, 1.165) is 16.9 Å². The standard InChI is InChI=1S/C17H26ClN/c1-12(2)16-9-4-5-10-17(16)19-13(3)14-7-6-8-15(18)11-14/h6-8,11-13,16-17,19H,4-5,9-10H2,1-3H3/t13-,16?,17?/m1/s1. The average molecular weight is 280 g/mol. The smallest absolute Gasteiger partial charge is 0.0409 e. The number of hydrogen-bond acceptors (Lipinski definition) is 1. The van der Waals surface area contributed by atoms with E-state index in [-0.39, 0.29) is 0 Å². The lowest BCUT2D eigenvalue weighted by molar-refractivity contribution is 0.195. The van der Waals surface area contributed by atoms with Crippen LogP contribution in [0.5, 0.6) is 0 Å². The van der Waals surface area contributed by atoms with Crippen LogP contribution in [0.15, 0.2) is 24.3 Å². The van der Waals surface area contributed by atoms with Gasteiger partial charge in [-0.15, -0.1) is 0 Å². The van der Waals surface area contributed by atoms with Crippen LogP contribution >= 0.6 is 11.6 Å². The fraction of sp³-hybridized carbons (Fsp3) is 0.647. The molecule has 2 rings (SSSR count). The molecule has 0 spiro atoms. The van der Waals surface area contributed by atoms with E-state index in [1.54, 1.807) is 0 Å². The van der Waals surface area contributed by atoms with E-state index in [1.165, 1.54) is 31.2 Å². The second kappa shape index (κ2) is 6.76. The van der Waals surface area contributed by atoms with E-state index in [0.29, 0.717) is 12.1 Å². The Labute approximate surface area is 122 Å². The Hall–Kier alpha value is -0.530. The van der Waals surface area contributed by atoms with Crippen molar-refractivity contribution in [3.05, 3.63) is 34.9 Å². The minimum Gasteiger partial charge on any atom is -0.307 e. The molecule has 1 aromatic carbocycles. The molecule has 0 saturated heterocycles. The van der Waals surface area contributed by atoms with Gasteiger partial charge < -0.3 is 5.32 Å². The second-order valence-corrected chi connectivity index (χ2v) is 6.68. The van der Waals surface area contributed by atoms with Gasteiger partial charge in [-0.05, 0) is 49.3 Å². The lowest BCUT2D eigenvalue weighted by Crippen LogP contribution is -2.42. The zero-order valence-electron chi connectivity index (χ0n) is 12.3. The average Bonchev–Trinajstić information content (AvgIpc) is 2.39. The molecule has 106 valence electrons. The summed E-state index contributed by atoms with van der Waals surface area (Å²) in [5.74, 6) is 1.58. The fourth-order valence-electron chi connectivity index (χ4n) is 3.36. The summed E-state index contributed by atoms with van der Waals surface area (Å²) < 4.78 is 0. The van der Waals surface area contributed by atoms with Crippen molar-refractivity contribution >= 4 is 11.6 Å². The van der Waals surface area contributed by atoms with Gasteiger partial charge in [0.2, 0.25) is 0 Å². The first-order valence-electron chi connectivity index (χ1n) is 7.59. The Morgan fingerprint density at radius 3 is 2.58 bits per heavy atom. The number of benzene rings is 1. The van der Waals surface area contributed by atoms with Gasteiger partial charge in [-0.25, -0.2) is 0 Å². The van der Waals surface area contributed by atoms with Crippen molar-refractivity contribution in [1.29, 1.82) is 0 Å². The molecule has 0 aromatic heterocycles. The van der Waals surface area contributed by atoms with Gasteiger partial charge in [0.05, 0.1) is 0 Å². The summed E-state index contributed by atoms with van der Waals surface area (Å²) in [6.45, 7) is 6.96. The lowest BCUT2D eigenvalue weighted by atomic mass is 9.77. The van der Waals surface area contributed by atoms with Gasteiger partial charge in [-0.3, -0.25) is 0 Å². The molecule has 1 aliphatic carbocycles. The number of nitrogens with one attached hydrogen (secondary N) is 1. The van der Waals surface area contributed by atoms with E-state index in [2.05, 4.69) is 38.2 Å². The highest BCUT2D eigenvalue weighted by Crippen LogP contribution is 2.32. The van der Waals surface area contributed by atoms with Gasteiger partial charge in [0.1, 0.15) is 0 Å². The molecule has 1 fully saturated rings. The van der Waals surface area contributed by atoms with Crippen LogP contribution in [0, 0.1) is 11.8 Å². The first-order chi connectivity index (χ1) is 9.08. The SMILES string of the molecule is CC(C)C1CCCCC1N[C@H](C)c1cccc(Cl)c1. The summed E-state index contributed by atoms with van der Waals surface area (Å²) in [6, 6.07) is 9.25. The third kappa shape index (κ3) is 3.97. The van der Waals surface area contributed by atoms with E-state index in [9.17, 15) is 0 Å². The summed E-state index contributed by atoms with van der Waals surface area (Å²) in [4.78, 5) is 0. The molecule has 1 nitrogen and oxygen atoms in total. The number of hydrogen-bond donors (Lipinski definition) is 1. The predicted molar refractivity (Wildman–Crippen MR) is 83.6 cm³/mol. The largest absolute Gasteiger partial charge is 0.307 e. The topological polar surface area (TPSA) is 12.0 Å². The van der Waals surface area contributed by atoms with E-state index < -0.39 is 0 Å². The van der Waals surface area contributed by atoms with Crippen molar-refractivity contribution in [1.82, 2.24) is 5.32 Å². The normalized spacial score (nSPS) is 25.5. The highest BCUT2D eigenvalue weighted by molar-refractivity contribution is 6.30. The van der Waals surface area contributed by atoms with E-state index in [1.807, 2.05) is 12.1 Å². The first kappa shape index (κ1) is 14.9. The van der Waals surface area contributed by atoms with Crippen molar-refractivity contribution in [3.8, 4) is 0 Å². The summed E-state index contributed by atoms with van der Waals surface area (Å²) >= 11 is 6.08.